The van der Waals surface area contributed by atoms with E-state index in [4.69, 9.17) is 29.2 Å². The van der Waals surface area contributed by atoms with Gasteiger partial charge in [0.05, 0.1) is 43.8 Å². The van der Waals surface area contributed by atoms with Crippen LogP contribution in [0.3, 0.4) is 0 Å². The van der Waals surface area contributed by atoms with Gasteiger partial charge in [-0.1, -0.05) is 12.1 Å². The molecule has 1 aromatic heterocycles. The number of nitrogens with one attached hydrogen (secondary N) is 2. The van der Waals surface area contributed by atoms with Crippen molar-refractivity contribution < 1.29 is 53.4 Å². The fourth-order valence-electron chi connectivity index (χ4n) is 3.69. The van der Waals surface area contributed by atoms with Crippen molar-refractivity contribution in [2.75, 3.05) is 26.9 Å². The topological polar surface area (TPSA) is 221 Å². The van der Waals surface area contributed by atoms with Gasteiger partial charge in [-0.2, -0.15) is 0 Å². The van der Waals surface area contributed by atoms with Gasteiger partial charge in [0.1, 0.15) is 24.5 Å². The predicted molar refractivity (Wildman–Crippen MR) is 147 cm³/mol. The Morgan fingerprint density at radius 1 is 1.00 bits per heavy atom. The summed E-state index contributed by atoms with van der Waals surface area (Å²) >= 11 is 0. The van der Waals surface area contributed by atoms with Gasteiger partial charge < -0.3 is 44.9 Å². The molecular weight excluding hydrogens is 558 g/mol. The Morgan fingerprint density at radius 3 is 2.24 bits per heavy atom. The second-order valence-electron chi connectivity index (χ2n) is 11.3. The molecule has 16 nitrogen and oxygen atoms in total. The molecule has 16 heteroatoms. The molecule has 0 aliphatic rings. The van der Waals surface area contributed by atoms with E-state index in [1.165, 1.54) is 4.68 Å². The van der Waals surface area contributed by atoms with Gasteiger partial charge in [-0.05, 0) is 52.9 Å². The smallest absolute Gasteiger partial charge is 0.326 e. The number of carboxylic acid groups (broad SMARTS) is 3. The Hall–Kier alpha value is -3.34. The minimum atomic E-state index is -1.48. The average Bonchev–Trinajstić information content (AvgIpc) is 3.32. The molecule has 1 rings (SSSR count). The maximum Gasteiger partial charge on any atom is 0.326 e. The summed E-state index contributed by atoms with van der Waals surface area (Å²) in [7, 11) is 1.63. The molecule has 0 radical (unpaired) electrons. The number of rotatable bonds is 22. The lowest BCUT2D eigenvalue weighted by Crippen LogP contribution is -2.51. The first-order chi connectivity index (χ1) is 19.5. The van der Waals surface area contributed by atoms with E-state index in [1.807, 2.05) is 27.7 Å². The van der Waals surface area contributed by atoms with E-state index in [2.05, 4.69) is 20.9 Å². The van der Waals surface area contributed by atoms with E-state index in [-0.39, 0.29) is 44.3 Å². The van der Waals surface area contributed by atoms with Crippen LogP contribution >= 0.6 is 0 Å². The summed E-state index contributed by atoms with van der Waals surface area (Å²) in [6, 6.07) is -3.84. The van der Waals surface area contributed by atoms with Crippen LogP contribution in [-0.4, -0.2) is 104 Å². The van der Waals surface area contributed by atoms with Crippen LogP contribution in [0, 0.1) is 5.92 Å². The van der Waals surface area contributed by atoms with Gasteiger partial charge in [-0.15, -0.1) is 5.10 Å². The predicted octanol–water partition coefficient (Wildman–Crippen LogP) is 1.48. The van der Waals surface area contributed by atoms with Crippen LogP contribution in [-0.2, 0) is 46.7 Å². The van der Waals surface area contributed by atoms with Crippen molar-refractivity contribution in [3.8, 4) is 0 Å². The fraction of sp³-hybridized carbons (Fsp3) is 0.769. The Kier molecular flexibility index (Phi) is 15.4. The van der Waals surface area contributed by atoms with Crippen molar-refractivity contribution in [1.82, 2.24) is 25.6 Å². The number of carboxylic acids is 3. The van der Waals surface area contributed by atoms with E-state index < -0.39 is 48.0 Å². The SMILES string of the molecule is COCC(C)(C)OCCC(C)(C)OCc1cn(COCC(C)C[C@H](NC(=O)N[C@@H](CCC(=O)O)C(=O)O)C(=O)O)nn1. The highest BCUT2D eigenvalue weighted by Gasteiger charge is 2.27. The third kappa shape index (κ3) is 15.6. The Labute approximate surface area is 245 Å². The molecule has 0 spiro atoms. The standard InChI is InChI=1S/C26H45N5O11/c1-17(11-20(23(36)37)28-24(38)27-19(22(34)35)7-8-21(32)33)13-40-16-31-12-18(29-30-31)14-42-25(2,3)9-10-41-26(4,5)15-39-6/h12,17,19-20H,7-11,13-16H2,1-6H3,(H,32,33)(H,34,35)(H,36,37)(H2,27,28,38)/t17?,19-,20-/m0/s1. The number of amides is 2. The van der Waals surface area contributed by atoms with Crippen molar-refractivity contribution in [2.45, 2.75) is 96.9 Å². The number of carbonyl (C=O) groups excluding carboxylic acids is 1. The summed E-state index contributed by atoms with van der Waals surface area (Å²) in [5.41, 5.74) is -0.247. The van der Waals surface area contributed by atoms with Crippen LogP contribution in [0.1, 0.15) is 66.0 Å². The van der Waals surface area contributed by atoms with Gasteiger partial charge >= 0.3 is 23.9 Å². The Morgan fingerprint density at radius 2 is 1.64 bits per heavy atom. The zero-order chi connectivity index (χ0) is 31.9. The molecule has 3 atom stereocenters. The van der Waals surface area contributed by atoms with Gasteiger partial charge in [0.15, 0.2) is 0 Å². The van der Waals surface area contributed by atoms with Crippen LogP contribution in [0.15, 0.2) is 6.20 Å². The van der Waals surface area contributed by atoms with Gasteiger partial charge in [0, 0.05) is 13.5 Å². The van der Waals surface area contributed by atoms with Gasteiger partial charge in [0.2, 0.25) is 0 Å². The number of hydrogen-bond donors (Lipinski definition) is 5. The number of carbonyl (C=O) groups is 4. The quantitative estimate of drug-likeness (QED) is 0.127. The molecule has 5 N–H and O–H groups in total. The summed E-state index contributed by atoms with van der Waals surface area (Å²) in [5, 5.41) is 39.7. The first-order valence-corrected chi connectivity index (χ1v) is 13.5. The summed E-state index contributed by atoms with van der Waals surface area (Å²) in [6.45, 7) is 11.0. The molecular formula is C26H45N5O11. The number of ether oxygens (including phenoxy) is 4. The highest BCUT2D eigenvalue weighted by molar-refractivity contribution is 5.86. The first-order valence-electron chi connectivity index (χ1n) is 13.5. The molecule has 0 saturated carbocycles. The molecule has 1 heterocycles. The number of aromatic nitrogens is 3. The third-order valence-corrected chi connectivity index (χ3v) is 6.00. The summed E-state index contributed by atoms with van der Waals surface area (Å²) in [6.07, 6.45) is 1.50. The van der Waals surface area contributed by atoms with Crippen molar-refractivity contribution in [3.63, 3.8) is 0 Å². The van der Waals surface area contributed by atoms with Crippen LogP contribution in [0.4, 0.5) is 4.79 Å². The molecule has 1 aromatic rings. The highest BCUT2D eigenvalue weighted by atomic mass is 16.5. The Balaban J connectivity index is 2.46. The largest absolute Gasteiger partial charge is 0.481 e. The molecule has 240 valence electrons. The van der Waals surface area contributed by atoms with E-state index >= 15 is 0 Å². The van der Waals surface area contributed by atoms with Gasteiger partial charge in [-0.3, -0.25) is 4.79 Å². The molecule has 0 fully saturated rings. The number of urea groups is 1. The summed E-state index contributed by atoms with van der Waals surface area (Å²) in [4.78, 5) is 45.7. The van der Waals surface area contributed by atoms with Crippen LogP contribution in [0.2, 0.25) is 0 Å². The molecule has 1 unspecified atom stereocenters. The second kappa shape index (κ2) is 17.6. The van der Waals surface area contributed by atoms with Crippen LogP contribution in [0.5, 0.6) is 0 Å². The Bertz CT molecular complexity index is 1010. The third-order valence-electron chi connectivity index (χ3n) is 6.00. The van der Waals surface area contributed by atoms with Crippen molar-refractivity contribution in [3.05, 3.63) is 11.9 Å². The molecule has 42 heavy (non-hydrogen) atoms. The summed E-state index contributed by atoms with van der Waals surface area (Å²) < 4.78 is 24.1. The lowest BCUT2D eigenvalue weighted by atomic mass is 10.0. The van der Waals surface area contributed by atoms with Crippen LogP contribution in [0.25, 0.3) is 0 Å². The zero-order valence-electron chi connectivity index (χ0n) is 25.1. The first kappa shape index (κ1) is 36.7. The average molecular weight is 604 g/mol. The minimum Gasteiger partial charge on any atom is -0.481 e. The maximum atomic E-state index is 12.2. The van der Waals surface area contributed by atoms with E-state index in [1.54, 1.807) is 20.2 Å². The zero-order valence-corrected chi connectivity index (χ0v) is 25.1. The maximum absolute atomic E-state index is 12.2. The van der Waals surface area contributed by atoms with Crippen LogP contribution < -0.4 is 10.6 Å². The molecule has 0 aromatic carbocycles. The lowest BCUT2D eigenvalue weighted by molar-refractivity contribution is -0.141. The van der Waals surface area contributed by atoms with Crippen molar-refractivity contribution in [2.24, 2.45) is 5.92 Å². The molecule has 2 amide bonds. The van der Waals surface area contributed by atoms with Crippen molar-refractivity contribution >= 4 is 23.9 Å². The molecule has 0 saturated heterocycles. The van der Waals surface area contributed by atoms with Gasteiger partial charge in [0.25, 0.3) is 0 Å². The number of methoxy groups -OCH3 is 1. The minimum absolute atomic E-state index is 0.00644. The fourth-order valence-corrected chi connectivity index (χ4v) is 3.69. The monoisotopic (exact) mass is 603 g/mol. The number of aliphatic carboxylic acids is 3. The molecule has 0 aliphatic carbocycles. The molecule has 0 aliphatic heterocycles. The molecule has 0 bridgehead atoms. The van der Waals surface area contributed by atoms with E-state index in [0.717, 1.165) is 0 Å². The second-order valence-corrected chi connectivity index (χ2v) is 11.3. The highest BCUT2D eigenvalue weighted by Crippen LogP contribution is 2.19. The normalized spacial score (nSPS) is 14.1. The van der Waals surface area contributed by atoms with E-state index in [9.17, 15) is 24.3 Å². The van der Waals surface area contributed by atoms with Crippen molar-refractivity contribution in [1.29, 1.82) is 0 Å². The number of hydrogen-bond acceptors (Lipinski definition) is 10. The van der Waals surface area contributed by atoms with E-state index in [0.29, 0.717) is 25.3 Å². The summed E-state index contributed by atoms with van der Waals surface area (Å²) in [5.74, 6) is -4.28. The van der Waals surface area contributed by atoms with Gasteiger partial charge in [-0.25, -0.2) is 19.1 Å². The lowest BCUT2D eigenvalue weighted by Gasteiger charge is -2.29. The number of nitrogens with zero attached hydrogens (tertiary/aromatic N) is 3.